The smallest absolute Gasteiger partial charge is 0.307 e. The first-order valence-corrected chi connectivity index (χ1v) is 6.53. The first-order chi connectivity index (χ1) is 10.6. The van der Waals surface area contributed by atoms with Crippen molar-refractivity contribution in [3.8, 4) is 0 Å². The van der Waals surface area contributed by atoms with Gasteiger partial charge in [0.05, 0.1) is 11.1 Å². The van der Waals surface area contributed by atoms with Crippen LogP contribution in [0.2, 0.25) is 5.02 Å². The molecule has 2 amide bonds. The summed E-state index contributed by atoms with van der Waals surface area (Å²) < 4.78 is 0. The molecule has 0 unspecified atom stereocenters. The van der Waals surface area contributed by atoms with Gasteiger partial charge in [0.25, 0.3) is 5.69 Å². The largest absolute Gasteiger partial charge is 0.339 e. The topological polar surface area (TPSA) is 96.6 Å². The molecular weight excluding hydrogens is 308 g/mol. The molecule has 0 bridgehead atoms. The molecule has 0 saturated carbocycles. The fourth-order valence-electron chi connectivity index (χ4n) is 1.58. The van der Waals surface area contributed by atoms with Crippen LogP contribution in [0.4, 0.5) is 16.2 Å². The van der Waals surface area contributed by atoms with Crippen LogP contribution in [0, 0.1) is 10.1 Å². The second-order valence-electron chi connectivity index (χ2n) is 4.15. The van der Waals surface area contributed by atoms with Crippen molar-refractivity contribution >= 4 is 35.2 Å². The van der Waals surface area contributed by atoms with Crippen molar-refractivity contribution in [2.45, 2.75) is 0 Å². The normalized spacial score (nSPS) is 10.4. The Morgan fingerprint density at radius 2 is 1.95 bits per heavy atom. The Labute approximate surface area is 130 Å². The number of nitrogens with one attached hydrogen (secondary N) is 2. The molecule has 112 valence electrons. The Bertz CT molecular complexity index is 719. The molecule has 0 fully saturated rings. The summed E-state index contributed by atoms with van der Waals surface area (Å²) in [5, 5.41) is 17.3. The summed E-state index contributed by atoms with van der Waals surface area (Å²) in [5.74, 6) is 0. The number of hydrazone groups is 1. The van der Waals surface area contributed by atoms with E-state index in [2.05, 4.69) is 15.8 Å². The van der Waals surface area contributed by atoms with Gasteiger partial charge in [-0.15, -0.1) is 0 Å². The Hall–Kier alpha value is -2.93. The minimum Gasteiger partial charge on any atom is -0.307 e. The zero-order chi connectivity index (χ0) is 15.9. The van der Waals surface area contributed by atoms with Crippen LogP contribution in [0.25, 0.3) is 0 Å². The van der Waals surface area contributed by atoms with E-state index in [4.69, 9.17) is 11.6 Å². The maximum Gasteiger partial charge on any atom is 0.339 e. The number of rotatable bonds is 4. The van der Waals surface area contributed by atoms with Gasteiger partial charge in [-0.3, -0.25) is 10.1 Å². The summed E-state index contributed by atoms with van der Waals surface area (Å²) in [6.45, 7) is 0. The number of para-hydroxylation sites is 1. The predicted molar refractivity (Wildman–Crippen MR) is 84.3 cm³/mol. The number of carbonyl (C=O) groups excluding carboxylic acids is 1. The summed E-state index contributed by atoms with van der Waals surface area (Å²) in [7, 11) is 0. The summed E-state index contributed by atoms with van der Waals surface area (Å²) >= 11 is 5.90. The molecule has 0 aliphatic carbocycles. The number of hydrogen-bond acceptors (Lipinski definition) is 4. The van der Waals surface area contributed by atoms with E-state index in [0.29, 0.717) is 16.3 Å². The van der Waals surface area contributed by atoms with Crippen LogP contribution in [-0.2, 0) is 0 Å². The van der Waals surface area contributed by atoms with E-state index in [9.17, 15) is 14.9 Å². The van der Waals surface area contributed by atoms with Crippen molar-refractivity contribution < 1.29 is 9.72 Å². The Morgan fingerprint density at radius 1 is 1.23 bits per heavy atom. The molecule has 7 nitrogen and oxygen atoms in total. The number of benzene rings is 2. The monoisotopic (exact) mass is 318 g/mol. The van der Waals surface area contributed by atoms with E-state index >= 15 is 0 Å². The second kappa shape index (κ2) is 7.19. The van der Waals surface area contributed by atoms with Crippen LogP contribution in [-0.4, -0.2) is 17.2 Å². The van der Waals surface area contributed by atoms with Gasteiger partial charge in [0.2, 0.25) is 0 Å². The molecule has 0 spiro atoms. The fraction of sp³-hybridized carbons (Fsp3) is 0. The minimum atomic E-state index is -0.538. The van der Waals surface area contributed by atoms with Crippen molar-refractivity contribution in [1.29, 1.82) is 0 Å². The predicted octanol–water partition coefficient (Wildman–Crippen LogP) is 3.40. The van der Waals surface area contributed by atoms with E-state index in [1.54, 1.807) is 24.3 Å². The molecule has 2 aromatic rings. The molecule has 2 aromatic carbocycles. The first-order valence-electron chi connectivity index (χ1n) is 6.15. The maximum atomic E-state index is 11.6. The van der Waals surface area contributed by atoms with Gasteiger partial charge in [0.1, 0.15) is 0 Å². The van der Waals surface area contributed by atoms with E-state index in [-0.39, 0.29) is 5.69 Å². The molecular formula is C14H11ClN4O3. The number of nitro benzene ring substituents is 1. The Balaban J connectivity index is 1.99. The molecule has 0 heterocycles. The second-order valence-corrected chi connectivity index (χ2v) is 4.56. The van der Waals surface area contributed by atoms with Gasteiger partial charge in [-0.25, -0.2) is 10.2 Å². The summed E-state index contributed by atoms with van der Waals surface area (Å²) in [5.41, 5.74) is 3.08. The van der Waals surface area contributed by atoms with Crippen molar-refractivity contribution in [3.63, 3.8) is 0 Å². The van der Waals surface area contributed by atoms with Gasteiger partial charge in [-0.1, -0.05) is 29.8 Å². The number of non-ortho nitro benzene ring substituents is 1. The highest BCUT2D eigenvalue weighted by Crippen LogP contribution is 2.20. The maximum absolute atomic E-state index is 11.6. The number of anilines is 1. The molecule has 0 radical (unpaired) electrons. The van der Waals surface area contributed by atoms with Gasteiger partial charge in [0, 0.05) is 28.4 Å². The van der Waals surface area contributed by atoms with E-state index in [1.165, 1.54) is 24.4 Å². The summed E-state index contributed by atoms with van der Waals surface area (Å²) in [6.07, 6.45) is 1.24. The lowest BCUT2D eigenvalue weighted by Crippen LogP contribution is -2.24. The van der Waals surface area contributed by atoms with Gasteiger partial charge in [-0.05, 0) is 18.2 Å². The van der Waals surface area contributed by atoms with Crippen LogP contribution in [0.15, 0.2) is 53.6 Å². The number of nitro groups is 1. The Morgan fingerprint density at radius 3 is 2.64 bits per heavy atom. The fourth-order valence-corrected chi connectivity index (χ4v) is 1.75. The van der Waals surface area contributed by atoms with Gasteiger partial charge >= 0.3 is 6.03 Å². The number of carbonyl (C=O) groups is 1. The van der Waals surface area contributed by atoms with Crippen LogP contribution in [0.1, 0.15) is 5.56 Å². The molecule has 2 rings (SSSR count). The molecule has 0 saturated heterocycles. The standard InChI is InChI=1S/C14H11ClN4O3/c15-13-7-6-12(19(21)22)8-10(13)9-16-18-14(20)17-11-4-2-1-3-5-11/h1-9H,(H2,17,18,20). The van der Waals surface area contributed by atoms with Crippen LogP contribution >= 0.6 is 11.6 Å². The molecule has 8 heteroatoms. The lowest BCUT2D eigenvalue weighted by Gasteiger charge is -2.03. The lowest BCUT2D eigenvalue weighted by molar-refractivity contribution is -0.384. The van der Waals surface area contributed by atoms with Gasteiger partial charge in [-0.2, -0.15) is 5.10 Å². The molecule has 2 N–H and O–H groups in total. The molecule has 22 heavy (non-hydrogen) atoms. The van der Waals surface area contributed by atoms with E-state index in [1.807, 2.05) is 6.07 Å². The zero-order valence-electron chi connectivity index (χ0n) is 11.2. The molecule has 0 aliphatic rings. The van der Waals surface area contributed by atoms with Gasteiger partial charge < -0.3 is 5.32 Å². The molecule has 0 atom stereocenters. The number of halogens is 1. The minimum absolute atomic E-state index is 0.111. The zero-order valence-corrected chi connectivity index (χ0v) is 11.9. The third-order valence-corrected chi connectivity index (χ3v) is 2.94. The third kappa shape index (κ3) is 4.29. The SMILES string of the molecule is O=C(NN=Cc1cc([N+](=O)[O-])ccc1Cl)Nc1ccccc1. The van der Waals surface area contributed by atoms with Crippen molar-refractivity contribution in [2.24, 2.45) is 5.10 Å². The summed E-state index contributed by atoms with van der Waals surface area (Å²) in [4.78, 5) is 21.7. The summed E-state index contributed by atoms with van der Waals surface area (Å²) in [6, 6.07) is 12.2. The highest BCUT2D eigenvalue weighted by Gasteiger charge is 2.08. The quantitative estimate of drug-likeness (QED) is 0.513. The average Bonchev–Trinajstić information content (AvgIpc) is 2.50. The van der Waals surface area contributed by atoms with Crippen molar-refractivity contribution in [2.75, 3.05) is 5.32 Å². The van der Waals surface area contributed by atoms with Crippen LogP contribution < -0.4 is 10.7 Å². The van der Waals surface area contributed by atoms with Gasteiger partial charge in [0.15, 0.2) is 0 Å². The number of urea groups is 1. The van der Waals surface area contributed by atoms with E-state index < -0.39 is 11.0 Å². The van der Waals surface area contributed by atoms with E-state index in [0.717, 1.165) is 0 Å². The third-order valence-electron chi connectivity index (χ3n) is 2.59. The molecule has 0 aliphatic heterocycles. The number of nitrogens with zero attached hydrogens (tertiary/aromatic N) is 2. The first kappa shape index (κ1) is 15.5. The molecule has 0 aromatic heterocycles. The Kier molecular flexibility index (Phi) is 5.05. The number of amides is 2. The lowest BCUT2D eigenvalue weighted by atomic mass is 10.2. The van der Waals surface area contributed by atoms with Crippen molar-refractivity contribution in [1.82, 2.24) is 5.43 Å². The van der Waals surface area contributed by atoms with Crippen LogP contribution in [0.3, 0.4) is 0 Å². The highest BCUT2D eigenvalue weighted by atomic mass is 35.5. The van der Waals surface area contributed by atoms with Crippen LogP contribution in [0.5, 0.6) is 0 Å². The van der Waals surface area contributed by atoms with Crippen molar-refractivity contribution in [3.05, 3.63) is 69.2 Å². The highest BCUT2D eigenvalue weighted by molar-refractivity contribution is 6.33. The number of hydrogen-bond donors (Lipinski definition) is 2. The average molecular weight is 319 g/mol.